The number of rotatable bonds is 12. The van der Waals surface area contributed by atoms with Crippen LogP contribution in [0.25, 0.3) is 0 Å². The second-order valence-corrected chi connectivity index (χ2v) is 9.22. The van der Waals surface area contributed by atoms with Crippen molar-refractivity contribution in [3.63, 3.8) is 0 Å². The van der Waals surface area contributed by atoms with Crippen LogP contribution in [0.5, 0.6) is 23.0 Å². The maximum Gasteiger partial charge on any atom is 0.343 e. The molecule has 0 aromatic heterocycles. The standard InChI is InChI=1S/C28H34O8/c1-5-8-22-24(12-11-20(18(2)29)27(22)32)34-14-7-6-13-28(3)16-23(30)21-10-9-19(15-25(21)36-28)35-17-26(31)33-4/h9-12,15,32H,5-8,13-14,16-17H2,1-4H3/t28-/m1/s1. The number of phenols is 1. The number of carbonyl (C=O) groups excluding carboxylic acids is 3. The highest BCUT2D eigenvalue weighted by Crippen LogP contribution is 2.38. The molecule has 194 valence electrons. The lowest BCUT2D eigenvalue weighted by molar-refractivity contribution is -0.142. The number of unbranched alkanes of at least 4 members (excludes halogenated alkanes) is 1. The molecular formula is C28H34O8. The summed E-state index contributed by atoms with van der Waals surface area (Å²) >= 11 is 0. The van der Waals surface area contributed by atoms with Crippen molar-refractivity contribution in [2.75, 3.05) is 20.3 Å². The number of hydrogen-bond acceptors (Lipinski definition) is 8. The first kappa shape index (κ1) is 27.0. The second kappa shape index (κ2) is 11.9. The number of ether oxygens (including phenoxy) is 4. The molecule has 8 heteroatoms. The monoisotopic (exact) mass is 498 g/mol. The van der Waals surface area contributed by atoms with Gasteiger partial charge in [-0.1, -0.05) is 13.3 Å². The van der Waals surface area contributed by atoms with Crippen LogP contribution in [0.2, 0.25) is 0 Å². The van der Waals surface area contributed by atoms with E-state index in [9.17, 15) is 19.5 Å². The van der Waals surface area contributed by atoms with Crippen LogP contribution in [0.15, 0.2) is 30.3 Å². The molecule has 8 nitrogen and oxygen atoms in total. The molecule has 0 radical (unpaired) electrons. The van der Waals surface area contributed by atoms with Crippen molar-refractivity contribution in [3.05, 3.63) is 47.0 Å². The number of Topliss-reactive ketones (excluding diaryl/α,β-unsaturated/α-hetero) is 2. The van der Waals surface area contributed by atoms with Crippen molar-refractivity contribution in [3.8, 4) is 23.0 Å². The summed E-state index contributed by atoms with van der Waals surface area (Å²) in [5, 5.41) is 10.5. The molecule has 3 rings (SSSR count). The zero-order valence-electron chi connectivity index (χ0n) is 21.3. The molecule has 1 aliphatic rings. The third-order valence-corrected chi connectivity index (χ3v) is 6.21. The zero-order valence-corrected chi connectivity index (χ0v) is 21.3. The fourth-order valence-electron chi connectivity index (χ4n) is 4.30. The number of fused-ring (bicyclic) bond motifs is 1. The third kappa shape index (κ3) is 6.56. The van der Waals surface area contributed by atoms with Gasteiger partial charge in [-0.25, -0.2) is 4.79 Å². The molecular weight excluding hydrogens is 464 g/mol. The first-order valence-electron chi connectivity index (χ1n) is 12.2. The van der Waals surface area contributed by atoms with Crippen LogP contribution in [0.1, 0.15) is 79.2 Å². The van der Waals surface area contributed by atoms with E-state index < -0.39 is 11.6 Å². The minimum absolute atomic E-state index is 0.000221. The maximum absolute atomic E-state index is 12.7. The van der Waals surface area contributed by atoms with Crippen molar-refractivity contribution in [2.45, 2.75) is 64.9 Å². The lowest BCUT2D eigenvalue weighted by Gasteiger charge is -2.35. The molecule has 1 atom stereocenters. The van der Waals surface area contributed by atoms with Gasteiger partial charge in [0.05, 0.1) is 31.3 Å². The van der Waals surface area contributed by atoms with E-state index in [1.165, 1.54) is 14.0 Å². The lowest BCUT2D eigenvalue weighted by atomic mass is 9.87. The van der Waals surface area contributed by atoms with Gasteiger partial charge in [-0.3, -0.25) is 9.59 Å². The minimum Gasteiger partial charge on any atom is -0.507 e. The second-order valence-electron chi connectivity index (χ2n) is 9.22. The van der Waals surface area contributed by atoms with Crippen LogP contribution < -0.4 is 14.2 Å². The SMILES string of the molecule is CCCc1c(OCCCC[C@]2(C)CC(=O)c3ccc(OCC(=O)OC)cc3O2)ccc(C(C)=O)c1O. The molecule has 1 N–H and O–H groups in total. The molecule has 0 fully saturated rings. The van der Waals surface area contributed by atoms with Crippen LogP contribution in [-0.2, 0) is 16.0 Å². The Hall–Kier alpha value is -3.55. The van der Waals surface area contributed by atoms with Gasteiger partial charge >= 0.3 is 5.97 Å². The Kier molecular flexibility index (Phi) is 8.96. The summed E-state index contributed by atoms with van der Waals surface area (Å²) in [6.45, 7) is 5.55. The molecule has 2 aromatic carbocycles. The van der Waals surface area contributed by atoms with Gasteiger partial charge in [0, 0.05) is 11.6 Å². The number of ketones is 2. The molecule has 0 saturated heterocycles. The van der Waals surface area contributed by atoms with E-state index in [1.807, 2.05) is 13.8 Å². The van der Waals surface area contributed by atoms with Gasteiger partial charge in [-0.05, 0) is 63.8 Å². The number of aromatic hydroxyl groups is 1. The fraction of sp³-hybridized carbons (Fsp3) is 0.464. The summed E-state index contributed by atoms with van der Waals surface area (Å²) in [5.74, 6) is 0.767. The number of carbonyl (C=O) groups is 3. The van der Waals surface area contributed by atoms with Crippen molar-refractivity contribution in [1.29, 1.82) is 0 Å². The molecule has 0 saturated carbocycles. The molecule has 0 aliphatic carbocycles. The van der Waals surface area contributed by atoms with Crippen molar-refractivity contribution < 1.29 is 38.4 Å². The summed E-state index contributed by atoms with van der Waals surface area (Å²) in [7, 11) is 1.29. The van der Waals surface area contributed by atoms with E-state index in [-0.39, 0.29) is 30.3 Å². The Bertz CT molecular complexity index is 1120. The fourth-order valence-corrected chi connectivity index (χ4v) is 4.30. The molecule has 1 heterocycles. The van der Waals surface area contributed by atoms with E-state index in [0.717, 1.165) is 19.3 Å². The maximum atomic E-state index is 12.7. The van der Waals surface area contributed by atoms with Crippen molar-refractivity contribution >= 4 is 17.5 Å². The summed E-state index contributed by atoms with van der Waals surface area (Å²) in [6.07, 6.45) is 3.82. The smallest absolute Gasteiger partial charge is 0.343 e. The Morgan fingerprint density at radius 3 is 2.61 bits per heavy atom. The van der Waals surface area contributed by atoms with E-state index in [1.54, 1.807) is 30.3 Å². The van der Waals surface area contributed by atoms with E-state index >= 15 is 0 Å². The highest BCUT2D eigenvalue weighted by atomic mass is 16.6. The number of esters is 1. The predicted octanol–water partition coefficient (Wildman–Crippen LogP) is 5.07. The third-order valence-electron chi connectivity index (χ3n) is 6.21. The van der Waals surface area contributed by atoms with E-state index in [4.69, 9.17) is 14.2 Å². The van der Waals surface area contributed by atoms with Crippen LogP contribution >= 0.6 is 0 Å². The quantitative estimate of drug-likeness (QED) is 0.245. The molecule has 0 unspecified atom stereocenters. The normalized spacial score (nSPS) is 16.6. The average Bonchev–Trinajstić information content (AvgIpc) is 2.83. The van der Waals surface area contributed by atoms with Gasteiger partial charge in [0.1, 0.15) is 28.6 Å². The van der Waals surface area contributed by atoms with Gasteiger partial charge in [0.25, 0.3) is 0 Å². The topological polar surface area (TPSA) is 108 Å². The van der Waals surface area contributed by atoms with Gasteiger partial charge in [0.2, 0.25) is 0 Å². The van der Waals surface area contributed by atoms with Gasteiger partial charge in [-0.15, -0.1) is 0 Å². The number of phenolic OH excluding ortho intramolecular Hbond substituents is 1. The van der Waals surface area contributed by atoms with Crippen molar-refractivity contribution in [2.24, 2.45) is 0 Å². The van der Waals surface area contributed by atoms with Crippen LogP contribution in [0.4, 0.5) is 0 Å². The van der Waals surface area contributed by atoms with Crippen molar-refractivity contribution in [1.82, 2.24) is 0 Å². The largest absolute Gasteiger partial charge is 0.507 e. The summed E-state index contributed by atoms with van der Waals surface area (Å²) < 4.78 is 22.2. The highest BCUT2D eigenvalue weighted by Gasteiger charge is 2.36. The molecule has 2 aromatic rings. The Morgan fingerprint density at radius 1 is 1.14 bits per heavy atom. The van der Waals surface area contributed by atoms with Crippen LogP contribution in [-0.4, -0.2) is 48.6 Å². The number of hydrogen-bond donors (Lipinski definition) is 1. The van der Waals surface area contributed by atoms with Gasteiger partial charge in [0.15, 0.2) is 18.2 Å². The zero-order chi connectivity index (χ0) is 26.3. The summed E-state index contributed by atoms with van der Waals surface area (Å²) in [6, 6.07) is 8.25. The first-order valence-corrected chi connectivity index (χ1v) is 12.2. The average molecular weight is 499 g/mol. The van der Waals surface area contributed by atoms with Gasteiger partial charge in [-0.2, -0.15) is 0 Å². The first-order chi connectivity index (χ1) is 17.2. The molecule has 1 aliphatic heterocycles. The highest BCUT2D eigenvalue weighted by molar-refractivity contribution is 6.00. The van der Waals surface area contributed by atoms with E-state index in [0.29, 0.717) is 53.4 Å². The predicted molar refractivity (Wildman–Crippen MR) is 133 cm³/mol. The van der Waals surface area contributed by atoms with Gasteiger partial charge < -0.3 is 24.1 Å². The van der Waals surface area contributed by atoms with Crippen LogP contribution in [0, 0.1) is 0 Å². The number of methoxy groups -OCH3 is 1. The number of benzene rings is 2. The Morgan fingerprint density at radius 2 is 1.92 bits per heavy atom. The Balaban J connectivity index is 1.57. The molecule has 0 amide bonds. The summed E-state index contributed by atoms with van der Waals surface area (Å²) in [4.78, 5) is 35.8. The Labute approximate surface area is 211 Å². The van der Waals surface area contributed by atoms with Crippen LogP contribution in [0.3, 0.4) is 0 Å². The molecule has 0 bridgehead atoms. The minimum atomic E-state index is -0.667. The molecule has 36 heavy (non-hydrogen) atoms. The molecule has 0 spiro atoms. The van der Waals surface area contributed by atoms with E-state index in [2.05, 4.69) is 4.74 Å². The lowest BCUT2D eigenvalue weighted by Crippen LogP contribution is -2.39. The summed E-state index contributed by atoms with van der Waals surface area (Å²) in [5.41, 5.74) is 0.787.